The van der Waals surface area contributed by atoms with Crippen molar-refractivity contribution < 1.29 is 28.4 Å². The van der Waals surface area contributed by atoms with Gasteiger partial charge >= 0.3 is 7.12 Å². The van der Waals surface area contributed by atoms with Gasteiger partial charge < -0.3 is 20.7 Å². The van der Waals surface area contributed by atoms with Crippen molar-refractivity contribution in [3.8, 4) is 11.3 Å². The van der Waals surface area contributed by atoms with Crippen LogP contribution >= 0.6 is 11.6 Å². The lowest BCUT2D eigenvalue weighted by molar-refractivity contribution is -0.123. The highest BCUT2D eigenvalue weighted by atomic mass is 35.5. The highest BCUT2D eigenvalue weighted by Gasteiger charge is 2.24. The van der Waals surface area contributed by atoms with Crippen LogP contribution in [0.5, 0.6) is 0 Å². The van der Waals surface area contributed by atoms with Gasteiger partial charge in [0.1, 0.15) is 11.5 Å². The fourth-order valence-electron chi connectivity index (χ4n) is 3.20. The Labute approximate surface area is 261 Å². The molecule has 4 aromatic rings. The molecule has 2 aromatic heterocycles. The van der Waals surface area contributed by atoms with E-state index in [-0.39, 0.29) is 22.7 Å². The molecule has 0 aliphatic carbocycles. The maximum Gasteiger partial charge on any atom is 0.490 e. The van der Waals surface area contributed by atoms with Crippen LogP contribution in [0.25, 0.3) is 11.3 Å². The van der Waals surface area contributed by atoms with Crippen LogP contribution in [0, 0.1) is 22.5 Å². The van der Waals surface area contributed by atoms with Gasteiger partial charge in [0, 0.05) is 39.9 Å². The zero-order valence-electron chi connectivity index (χ0n) is 25.4. The van der Waals surface area contributed by atoms with Gasteiger partial charge in [-0.25, -0.2) is 13.8 Å². The minimum atomic E-state index is -1.59. The highest BCUT2D eigenvalue weighted by Crippen LogP contribution is 2.29. The van der Waals surface area contributed by atoms with Gasteiger partial charge in [-0.2, -0.15) is 0 Å². The number of benzene rings is 2. The molecule has 0 atom stereocenters. The molecule has 0 aliphatic heterocycles. The summed E-state index contributed by atoms with van der Waals surface area (Å²) in [6.07, 6.45) is 2.96. The van der Waals surface area contributed by atoms with Gasteiger partial charge in [-0.05, 0) is 36.4 Å². The number of rotatable bonds is 4. The summed E-state index contributed by atoms with van der Waals surface area (Å²) in [5.41, 5.74) is 1.05. The van der Waals surface area contributed by atoms with Crippen molar-refractivity contribution in [2.45, 2.75) is 41.5 Å². The molecule has 12 heteroatoms. The van der Waals surface area contributed by atoms with Crippen LogP contribution in [0.3, 0.4) is 0 Å². The summed E-state index contributed by atoms with van der Waals surface area (Å²) in [5, 5.41) is 23.7. The maximum absolute atomic E-state index is 13.9. The summed E-state index contributed by atoms with van der Waals surface area (Å²) >= 11 is 5.22. The summed E-state index contributed by atoms with van der Waals surface area (Å²) in [6.45, 7) is 10.9. The molecule has 0 saturated heterocycles. The Hall–Kier alpha value is -4.19. The lowest BCUT2D eigenvalue weighted by Crippen LogP contribution is -2.36. The molecule has 0 unspecified atom stereocenters. The first-order valence-corrected chi connectivity index (χ1v) is 13.9. The van der Waals surface area contributed by atoms with E-state index in [0.717, 1.165) is 0 Å². The fourth-order valence-corrected chi connectivity index (χ4v) is 3.32. The molecule has 0 aliphatic rings. The molecular weight excluding hydrogens is 589 g/mol. The molecule has 4 rings (SSSR count). The number of halogens is 3. The number of hydrogen-bond donors (Lipinski definition) is 4. The quantitative estimate of drug-likeness (QED) is 0.161. The van der Waals surface area contributed by atoms with Crippen molar-refractivity contribution in [3.05, 3.63) is 102 Å². The molecule has 8 nitrogen and oxygen atoms in total. The van der Waals surface area contributed by atoms with Gasteiger partial charge in [0.25, 0.3) is 0 Å². The predicted molar refractivity (Wildman–Crippen MR) is 171 cm³/mol. The number of nitrogens with zero attached hydrogens (tertiary/aromatic N) is 2. The number of para-hydroxylation sites is 2. The number of hydrogen-bond acceptors (Lipinski definition) is 6. The molecule has 2 heterocycles. The highest BCUT2D eigenvalue weighted by molar-refractivity contribution is 6.60. The molecule has 4 N–H and O–H groups in total. The standard InChI is InChI=1S/C16H17FN2O.C11H16BNO3.C5H3ClFN/c1-16(2,3)15(20)19-13-9-5-4-7-11(13)14-12(17)8-6-10-18-14;1-11(2,3)10(14)13-9-7-5-4-6-8(9)12(15)16;6-5-4(7)2-1-3-8-5/h4-10H,1-3H3,(H,19,20);4-7,15-16H,1-3H3,(H,13,14);1-3H. The van der Waals surface area contributed by atoms with Crippen LogP contribution < -0.4 is 16.1 Å². The molecule has 44 heavy (non-hydrogen) atoms. The number of amides is 2. The lowest BCUT2D eigenvalue weighted by Gasteiger charge is -2.19. The van der Waals surface area contributed by atoms with E-state index in [0.29, 0.717) is 22.4 Å². The Bertz CT molecular complexity index is 1540. The number of carbonyl (C=O) groups is 2. The molecular formula is C32H36BClF2N4O4. The SMILES string of the molecule is CC(C)(C)C(=O)Nc1ccccc1-c1ncccc1F.CC(C)(C)C(=O)Nc1ccccc1B(O)O.Fc1cccnc1Cl. The second-order valence-corrected chi connectivity index (χ2v) is 11.9. The zero-order valence-corrected chi connectivity index (χ0v) is 26.2. The Kier molecular flexibility index (Phi) is 13.1. The fraction of sp³-hybridized carbons (Fsp3) is 0.250. The van der Waals surface area contributed by atoms with Crippen LogP contribution in [0.1, 0.15) is 41.5 Å². The maximum atomic E-state index is 13.9. The van der Waals surface area contributed by atoms with Crippen molar-refractivity contribution in [2.75, 3.05) is 10.6 Å². The molecule has 0 fully saturated rings. The van der Waals surface area contributed by atoms with Crippen LogP contribution in [0.15, 0.2) is 85.2 Å². The molecule has 232 valence electrons. The number of nitrogens with one attached hydrogen (secondary N) is 2. The minimum Gasteiger partial charge on any atom is -0.423 e. The van der Waals surface area contributed by atoms with Gasteiger partial charge in [0.2, 0.25) is 11.8 Å². The van der Waals surface area contributed by atoms with Crippen molar-refractivity contribution in [1.29, 1.82) is 0 Å². The first-order chi connectivity index (χ1) is 20.5. The Morgan fingerprint density at radius 3 is 1.66 bits per heavy atom. The summed E-state index contributed by atoms with van der Waals surface area (Å²) in [5.74, 6) is -1.18. The van der Waals surface area contributed by atoms with E-state index in [4.69, 9.17) is 21.6 Å². The van der Waals surface area contributed by atoms with Crippen molar-refractivity contribution in [1.82, 2.24) is 9.97 Å². The van der Waals surface area contributed by atoms with Gasteiger partial charge in [0.15, 0.2) is 11.0 Å². The number of pyridine rings is 2. The normalized spacial score (nSPS) is 10.8. The largest absolute Gasteiger partial charge is 0.490 e. The minimum absolute atomic E-state index is 0.0764. The van der Waals surface area contributed by atoms with Gasteiger partial charge in [-0.3, -0.25) is 14.6 Å². The van der Waals surface area contributed by atoms with E-state index >= 15 is 0 Å². The molecule has 0 saturated carbocycles. The van der Waals surface area contributed by atoms with Gasteiger partial charge in [-0.1, -0.05) is 89.5 Å². The van der Waals surface area contributed by atoms with E-state index in [9.17, 15) is 18.4 Å². The summed E-state index contributed by atoms with van der Waals surface area (Å²) < 4.78 is 26.0. The van der Waals surface area contributed by atoms with Crippen LogP contribution in [0.4, 0.5) is 20.2 Å². The number of carbonyl (C=O) groups excluding carboxylic acids is 2. The Balaban J connectivity index is 0.000000250. The van der Waals surface area contributed by atoms with Crippen LogP contribution in [-0.4, -0.2) is 38.9 Å². The average Bonchev–Trinajstić information content (AvgIpc) is 2.95. The number of anilines is 2. The second kappa shape index (κ2) is 16.0. The van der Waals surface area contributed by atoms with E-state index in [1.54, 1.807) is 69.3 Å². The first-order valence-electron chi connectivity index (χ1n) is 13.6. The van der Waals surface area contributed by atoms with E-state index in [2.05, 4.69) is 20.6 Å². The van der Waals surface area contributed by atoms with Crippen molar-refractivity contribution in [2.24, 2.45) is 10.8 Å². The summed E-state index contributed by atoms with van der Waals surface area (Å²) in [7, 11) is -1.59. The molecule has 2 amide bonds. The average molecular weight is 625 g/mol. The summed E-state index contributed by atoms with van der Waals surface area (Å²) in [6, 6.07) is 19.3. The van der Waals surface area contributed by atoms with E-state index < -0.39 is 29.6 Å². The zero-order chi connectivity index (χ0) is 33.1. The van der Waals surface area contributed by atoms with Crippen molar-refractivity contribution in [3.63, 3.8) is 0 Å². The third-order valence-corrected chi connectivity index (χ3v) is 6.03. The van der Waals surface area contributed by atoms with Crippen molar-refractivity contribution >= 4 is 47.4 Å². The second-order valence-electron chi connectivity index (χ2n) is 11.5. The number of aromatic nitrogens is 2. The molecule has 0 bridgehead atoms. The third-order valence-electron chi connectivity index (χ3n) is 5.75. The van der Waals surface area contributed by atoms with Crippen LogP contribution in [-0.2, 0) is 9.59 Å². The Morgan fingerprint density at radius 2 is 1.18 bits per heavy atom. The predicted octanol–water partition coefficient (Wildman–Crippen LogP) is 6.10. The van der Waals surface area contributed by atoms with E-state index in [1.165, 1.54) is 36.7 Å². The molecule has 0 radical (unpaired) electrons. The monoisotopic (exact) mass is 624 g/mol. The van der Waals surface area contributed by atoms with Crippen LogP contribution in [0.2, 0.25) is 5.15 Å². The topological polar surface area (TPSA) is 124 Å². The molecule has 0 spiro atoms. The third kappa shape index (κ3) is 11.1. The molecule has 2 aromatic carbocycles. The van der Waals surface area contributed by atoms with Gasteiger partial charge in [-0.15, -0.1) is 0 Å². The summed E-state index contributed by atoms with van der Waals surface area (Å²) in [4.78, 5) is 31.3. The first kappa shape index (κ1) is 36.0. The lowest BCUT2D eigenvalue weighted by atomic mass is 9.79. The Morgan fingerprint density at radius 1 is 0.705 bits per heavy atom. The van der Waals surface area contributed by atoms with Gasteiger partial charge in [0.05, 0.1) is 5.69 Å². The smallest absolute Gasteiger partial charge is 0.423 e. The van der Waals surface area contributed by atoms with E-state index in [1.807, 2.05) is 20.8 Å².